The number of morpholine rings is 1. The lowest BCUT2D eigenvalue weighted by atomic mass is 10.1. The topological polar surface area (TPSA) is 61.9 Å². The predicted molar refractivity (Wildman–Crippen MR) is 125 cm³/mol. The predicted octanol–water partition coefficient (Wildman–Crippen LogP) is 7.99. The van der Waals surface area contributed by atoms with Gasteiger partial charge in [0.05, 0.1) is 41.5 Å². The molecule has 0 amide bonds. The van der Waals surface area contributed by atoms with Crippen LogP contribution in [0.4, 0.5) is 41.6 Å². The van der Waals surface area contributed by atoms with E-state index in [2.05, 4.69) is 25.4 Å². The average Bonchev–Trinajstić information content (AvgIpc) is 2.84. The van der Waals surface area contributed by atoms with Gasteiger partial charge in [-0.3, -0.25) is 0 Å². The van der Waals surface area contributed by atoms with E-state index in [1.54, 1.807) is 0 Å². The minimum absolute atomic E-state index is 0.342. The molecule has 1 aliphatic heterocycles. The lowest BCUT2D eigenvalue weighted by molar-refractivity contribution is -0.137. The van der Waals surface area contributed by atoms with Gasteiger partial charge in [-0.1, -0.05) is 0 Å². The van der Waals surface area contributed by atoms with E-state index in [4.69, 9.17) is 4.74 Å². The molecular weight excluding hydrogens is 443 g/mol. The molecule has 0 bridgehead atoms. The summed E-state index contributed by atoms with van der Waals surface area (Å²) < 4.78 is 43.5. The number of alkyl halides is 3. The van der Waals surface area contributed by atoms with E-state index in [0.717, 1.165) is 60.9 Å². The fourth-order valence-corrected chi connectivity index (χ4v) is 3.49. The fourth-order valence-electron chi connectivity index (χ4n) is 3.49. The van der Waals surface area contributed by atoms with E-state index in [1.165, 1.54) is 12.1 Å². The lowest BCUT2D eigenvalue weighted by Gasteiger charge is -2.28. The first-order valence-corrected chi connectivity index (χ1v) is 10.8. The molecule has 6 nitrogen and oxygen atoms in total. The molecule has 1 fully saturated rings. The summed E-state index contributed by atoms with van der Waals surface area (Å²) in [5.74, 6) is 0. The molecule has 0 aliphatic carbocycles. The van der Waals surface area contributed by atoms with Gasteiger partial charge in [-0.05, 0) is 85.6 Å². The summed E-state index contributed by atoms with van der Waals surface area (Å²) in [4.78, 5) is 2.27. The molecule has 0 atom stereocenters. The van der Waals surface area contributed by atoms with Crippen molar-refractivity contribution >= 4 is 28.4 Å². The van der Waals surface area contributed by atoms with Crippen LogP contribution in [0.25, 0.3) is 0 Å². The first-order chi connectivity index (χ1) is 16.3. The molecule has 0 aromatic heterocycles. The molecule has 0 spiro atoms. The van der Waals surface area contributed by atoms with Crippen LogP contribution < -0.4 is 4.90 Å². The number of anilines is 1. The van der Waals surface area contributed by atoms with Crippen molar-refractivity contribution < 1.29 is 17.9 Å². The number of hydrogen-bond donors (Lipinski definition) is 0. The lowest BCUT2D eigenvalue weighted by Crippen LogP contribution is -2.36. The number of rotatable bonds is 5. The largest absolute Gasteiger partial charge is 0.416 e. The summed E-state index contributed by atoms with van der Waals surface area (Å²) in [5.41, 5.74) is 4.53. The molecule has 1 heterocycles. The number of halogens is 3. The molecule has 3 aromatic carbocycles. The maximum absolute atomic E-state index is 12.7. The van der Waals surface area contributed by atoms with Crippen molar-refractivity contribution in [3.8, 4) is 0 Å². The van der Waals surface area contributed by atoms with E-state index in [9.17, 15) is 13.2 Å². The van der Waals surface area contributed by atoms with Crippen molar-refractivity contribution in [3.05, 3.63) is 77.4 Å². The molecule has 34 heavy (non-hydrogen) atoms. The smallest absolute Gasteiger partial charge is 0.378 e. The quantitative estimate of drug-likeness (QED) is 0.357. The van der Waals surface area contributed by atoms with Crippen LogP contribution in [0.2, 0.25) is 0 Å². The van der Waals surface area contributed by atoms with Gasteiger partial charge in [0.15, 0.2) is 0 Å². The van der Waals surface area contributed by atoms with Crippen molar-refractivity contribution in [2.24, 2.45) is 20.5 Å². The maximum atomic E-state index is 12.7. The summed E-state index contributed by atoms with van der Waals surface area (Å²) >= 11 is 0. The van der Waals surface area contributed by atoms with Crippen LogP contribution >= 0.6 is 0 Å². The van der Waals surface area contributed by atoms with Crippen LogP contribution in [0.5, 0.6) is 0 Å². The first kappa shape index (κ1) is 23.6. The standard InChI is InChI=1S/C25H24F3N5O/c1-17-16-24(32-30-21-7-9-22(10-8-21)33-11-13-34-14-12-33)18(2)15-23(17)31-29-20-5-3-19(4-6-20)25(26,27)28/h3-10,15-16H,11-14H2,1-2H3/b31-29+,32-30+. The van der Waals surface area contributed by atoms with Crippen LogP contribution in [-0.2, 0) is 10.9 Å². The monoisotopic (exact) mass is 467 g/mol. The first-order valence-electron chi connectivity index (χ1n) is 10.8. The summed E-state index contributed by atoms with van der Waals surface area (Å²) in [7, 11) is 0. The van der Waals surface area contributed by atoms with E-state index < -0.39 is 11.7 Å². The van der Waals surface area contributed by atoms with Gasteiger partial charge in [0, 0.05) is 18.8 Å². The maximum Gasteiger partial charge on any atom is 0.416 e. The normalized spacial score (nSPS) is 14.9. The SMILES string of the molecule is Cc1cc(/N=N/c2ccc(C(F)(F)F)cc2)c(C)cc1/N=N/c1ccc(N2CCOCC2)cc1. The molecule has 176 valence electrons. The summed E-state index contributed by atoms with van der Waals surface area (Å²) in [6.07, 6.45) is -4.38. The molecule has 9 heteroatoms. The van der Waals surface area contributed by atoms with E-state index in [1.807, 2.05) is 50.2 Å². The zero-order valence-corrected chi connectivity index (χ0v) is 18.9. The van der Waals surface area contributed by atoms with Crippen molar-refractivity contribution in [2.75, 3.05) is 31.2 Å². The molecule has 0 radical (unpaired) electrons. The third-order valence-electron chi connectivity index (χ3n) is 5.48. The summed E-state index contributed by atoms with van der Waals surface area (Å²) in [6, 6.07) is 16.2. The second-order valence-corrected chi connectivity index (χ2v) is 7.99. The molecule has 1 saturated heterocycles. The highest BCUT2D eigenvalue weighted by Crippen LogP contribution is 2.33. The van der Waals surface area contributed by atoms with Crippen molar-refractivity contribution in [1.29, 1.82) is 0 Å². The Balaban J connectivity index is 1.44. The number of hydrogen-bond acceptors (Lipinski definition) is 6. The fraction of sp³-hybridized carbons (Fsp3) is 0.280. The van der Waals surface area contributed by atoms with E-state index in [0.29, 0.717) is 17.1 Å². The third-order valence-corrected chi connectivity index (χ3v) is 5.48. The second-order valence-electron chi connectivity index (χ2n) is 7.99. The minimum atomic E-state index is -4.38. The summed E-state index contributed by atoms with van der Waals surface area (Å²) in [6.45, 7) is 6.99. The molecule has 1 aliphatic rings. The highest BCUT2D eigenvalue weighted by molar-refractivity contribution is 5.59. The van der Waals surface area contributed by atoms with Gasteiger partial charge in [0.2, 0.25) is 0 Å². The highest BCUT2D eigenvalue weighted by atomic mass is 19.4. The molecule has 0 N–H and O–H groups in total. The molecule has 4 rings (SSSR count). The van der Waals surface area contributed by atoms with Gasteiger partial charge in [-0.25, -0.2) is 0 Å². The second kappa shape index (κ2) is 10.1. The van der Waals surface area contributed by atoms with Gasteiger partial charge in [0.25, 0.3) is 0 Å². The molecular formula is C25H24F3N5O. The Morgan fingerprint density at radius 3 is 1.65 bits per heavy atom. The van der Waals surface area contributed by atoms with Gasteiger partial charge < -0.3 is 9.64 Å². The van der Waals surface area contributed by atoms with Crippen LogP contribution in [-0.4, -0.2) is 26.3 Å². The summed E-state index contributed by atoms with van der Waals surface area (Å²) in [5, 5.41) is 17.0. The third kappa shape index (κ3) is 5.85. The van der Waals surface area contributed by atoms with Crippen molar-refractivity contribution in [2.45, 2.75) is 20.0 Å². The van der Waals surface area contributed by atoms with Crippen LogP contribution in [0.15, 0.2) is 81.1 Å². The van der Waals surface area contributed by atoms with Crippen molar-refractivity contribution in [1.82, 2.24) is 0 Å². The van der Waals surface area contributed by atoms with Crippen LogP contribution in [0.3, 0.4) is 0 Å². The Labute approximate surface area is 195 Å². The zero-order valence-electron chi connectivity index (χ0n) is 18.9. The Bertz CT molecular complexity index is 1180. The molecule has 0 unspecified atom stereocenters. The number of benzene rings is 3. The Hall–Kier alpha value is -3.59. The van der Waals surface area contributed by atoms with Crippen molar-refractivity contribution in [3.63, 3.8) is 0 Å². The Morgan fingerprint density at radius 2 is 1.18 bits per heavy atom. The average molecular weight is 467 g/mol. The van der Waals surface area contributed by atoms with Crippen LogP contribution in [0.1, 0.15) is 16.7 Å². The Kier molecular flexibility index (Phi) is 7.02. The number of aryl methyl sites for hydroxylation is 2. The minimum Gasteiger partial charge on any atom is -0.378 e. The van der Waals surface area contributed by atoms with Crippen LogP contribution in [0, 0.1) is 13.8 Å². The molecule has 3 aromatic rings. The number of nitrogens with zero attached hydrogens (tertiary/aromatic N) is 5. The van der Waals surface area contributed by atoms with Gasteiger partial charge in [0.1, 0.15) is 0 Å². The van der Waals surface area contributed by atoms with Gasteiger partial charge >= 0.3 is 6.18 Å². The molecule has 0 saturated carbocycles. The number of ether oxygens (including phenoxy) is 1. The highest BCUT2D eigenvalue weighted by Gasteiger charge is 2.29. The Morgan fingerprint density at radius 1 is 0.706 bits per heavy atom. The van der Waals surface area contributed by atoms with Gasteiger partial charge in [-0.2, -0.15) is 33.6 Å². The number of azo groups is 2. The van der Waals surface area contributed by atoms with Gasteiger partial charge in [-0.15, -0.1) is 0 Å². The zero-order chi connectivity index (χ0) is 24.1. The van der Waals surface area contributed by atoms with E-state index in [-0.39, 0.29) is 0 Å². The van der Waals surface area contributed by atoms with E-state index >= 15 is 0 Å².